The van der Waals surface area contributed by atoms with Gasteiger partial charge in [-0.1, -0.05) is 12.1 Å². The highest BCUT2D eigenvalue weighted by Crippen LogP contribution is 2.25. The molecule has 2 heterocycles. The summed E-state index contributed by atoms with van der Waals surface area (Å²) >= 11 is 0. The summed E-state index contributed by atoms with van der Waals surface area (Å²) in [6, 6.07) is 9.96. The summed E-state index contributed by atoms with van der Waals surface area (Å²) in [6.45, 7) is 4.45. The molecule has 5 heteroatoms. The number of aromatic hydroxyl groups is 1. The number of pyridine rings is 1. The van der Waals surface area contributed by atoms with Crippen LogP contribution in [-0.4, -0.2) is 34.7 Å². The third kappa shape index (κ3) is 3.43. The van der Waals surface area contributed by atoms with Crippen LogP contribution in [0, 0.1) is 12.7 Å². The van der Waals surface area contributed by atoms with Crippen molar-refractivity contribution in [2.24, 2.45) is 0 Å². The highest BCUT2D eigenvalue weighted by atomic mass is 19.1. The van der Waals surface area contributed by atoms with Gasteiger partial charge in [-0.3, -0.25) is 9.88 Å². The molecule has 1 aromatic heterocycles. The second-order valence-corrected chi connectivity index (χ2v) is 5.57. The molecule has 1 saturated heterocycles. The van der Waals surface area contributed by atoms with Crippen LogP contribution in [0.3, 0.4) is 0 Å². The van der Waals surface area contributed by atoms with Crippen molar-refractivity contribution in [1.82, 2.24) is 9.88 Å². The summed E-state index contributed by atoms with van der Waals surface area (Å²) in [4.78, 5) is 6.55. The smallest absolute Gasteiger partial charge is 0.138 e. The average molecular weight is 302 g/mol. The number of hydrogen-bond acceptors (Lipinski definition) is 4. The van der Waals surface area contributed by atoms with E-state index in [1.165, 1.54) is 12.1 Å². The quantitative estimate of drug-likeness (QED) is 0.947. The zero-order valence-electron chi connectivity index (χ0n) is 12.5. The second-order valence-electron chi connectivity index (χ2n) is 5.57. The maximum absolute atomic E-state index is 13.4. The maximum Gasteiger partial charge on any atom is 0.138 e. The van der Waals surface area contributed by atoms with Crippen LogP contribution in [0.2, 0.25) is 0 Å². The Morgan fingerprint density at radius 1 is 1.36 bits per heavy atom. The van der Waals surface area contributed by atoms with Gasteiger partial charge in [0, 0.05) is 25.3 Å². The van der Waals surface area contributed by atoms with Crippen molar-refractivity contribution in [2.75, 3.05) is 19.7 Å². The standard InChI is InChI=1S/C17H19FN2O2/c1-12-5-6-16(21)15(19-12)10-20-7-8-22-17(11-20)13-3-2-4-14(18)9-13/h2-6,9,17,21H,7-8,10-11H2,1H3. The molecule has 0 bridgehead atoms. The Morgan fingerprint density at radius 2 is 2.23 bits per heavy atom. The molecule has 1 unspecified atom stereocenters. The van der Waals surface area contributed by atoms with Gasteiger partial charge in [-0.05, 0) is 36.8 Å². The van der Waals surface area contributed by atoms with Crippen molar-refractivity contribution in [3.8, 4) is 5.75 Å². The first-order valence-electron chi connectivity index (χ1n) is 7.37. The van der Waals surface area contributed by atoms with Gasteiger partial charge in [-0.25, -0.2) is 4.39 Å². The molecule has 22 heavy (non-hydrogen) atoms. The molecule has 1 aliphatic rings. The Bertz CT molecular complexity index is 663. The number of nitrogens with zero attached hydrogens (tertiary/aromatic N) is 2. The zero-order chi connectivity index (χ0) is 15.5. The number of rotatable bonds is 3. The first-order chi connectivity index (χ1) is 10.6. The lowest BCUT2D eigenvalue weighted by Gasteiger charge is -2.33. The summed E-state index contributed by atoms with van der Waals surface area (Å²) < 4.78 is 19.1. The molecular weight excluding hydrogens is 283 g/mol. The van der Waals surface area contributed by atoms with E-state index in [1.807, 2.05) is 13.0 Å². The van der Waals surface area contributed by atoms with Crippen LogP contribution >= 0.6 is 0 Å². The van der Waals surface area contributed by atoms with Gasteiger partial charge in [0.2, 0.25) is 0 Å². The van der Waals surface area contributed by atoms with Gasteiger partial charge in [-0.2, -0.15) is 0 Å². The molecule has 0 radical (unpaired) electrons. The first kappa shape index (κ1) is 14.9. The summed E-state index contributed by atoms with van der Waals surface area (Å²) in [7, 11) is 0. The number of aryl methyl sites for hydroxylation is 1. The Hall–Kier alpha value is -1.98. The van der Waals surface area contributed by atoms with Gasteiger partial charge < -0.3 is 9.84 Å². The second kappa shape index (κ2) is 6.42. The van der Waals surface area contributed by atoms with Gasteiger partial charge in [0.25, 0.3) is 0 Å². The minimum atomic E-state index is -0.254. The Labute approximate surface area is 129 Å². The van der Waals surface area contributed by atoms with Crippen molar-refractivity contribution in [2.45, 2.75) is 19.6 Å². The highest BCUT2D eigenvalue weighted by Gasteiger charge is 2.23. The number of benzene rings is 1. The molecule has 4 nitrogen and oxygen atoms in total. The molecule has 3 rings (SSSR count). The lowest BCUT2D eigenvalue weighted by molar-refractivity contribution is -0.0336. The lowest BCUT2D eigenvalue weighted by atomic mass is 10.1. The number of morpholine rings is 1. The molecule has 1 fully saturated rings. The molecule has 1 N–H and O–H groups in total. The molecule has 116 valence electrons. The molecule has 0 spiro atoms. The minimum absolute atomic E-state index is 0.156. The highest BCUT2D eigenvalue weighted by molar-refractivity contribution is 5.27. The minimum Gasteiger partial charge on any atom is -0.506 e. The van der Waals surface area contributed by atoms with Crippen LogP contribution in [0.4, 0.5) is 4.39 Å². The Balaban J connectivity index is 1.72. The van der Waals surface area contributed by atoms with Crippen molar-refractivity contribution in [1.29, 1.82) is 0 Å². The molecule has 1 aromatic carbocycles. The average Bonchev–Trinajstić information content (AvgIpc) is 2.51. The Kier molecular flexibility index (Phi) is 4.36. The van der Waals surface area contributed by atoms with Gasteiger partial charge in [0.05, 0.1) is 18.4 Å². The fourth-order valence-corrected chi connectivity index (χ4v) is 2.69. The van der Waals surface area contributed by atoms with Gasteiger partial charge in [0.1, 0.15) is 11.6 Å². The van der Waals surface area contributed by atoms with E-state index in [0.717, 1.165) is 17.8 Å². The fraction of sp³-hybridized carbons (Fsp3) is 0.353. The van der Waals surface area contributed by atoms with Crippen LogP contribution in [0.1, 0.15) is 23.1 Å². The monoisotopic (exact) mass is 302 g/mol. The molecule has 2 aromatic rings. The molecular formula is C17H19FN2O2. The summed E-state index contributed by atoms with van der Waals surface area (Å²) in [5, 5.41) is 9.91. The molecule has 0 aliphatic carbocycles. The predicted octanol–water partition coefficient (Wildman–Crippen LogP) is 2.81. The molecule has 0 amide bonds. The number of ether oxygens (including phenoxy) is 1. The maximum atomic E-state index is 13.4. The number of hydrogen-bond donors (Lipinski definition) is 1. The van der Waals surface area contributed by atoms with E-state index in [1.54, 1.807) is 18.2 Å². The molecule has 0 saturated carbocycles. The van der Waals surface area contributed by atoms with Gasteiger partial charge in [-0.15, -0.1) is 0 Å². The number of halogens is 1. The topological polar surface area (TPSA) is 45.6 Å². The van der Waals surface area contributed by atoms with E-state index < -0.39 is 0 Å². The van der Waals surface area contributed by atoms with Crippen LogP contribution in [0.25, 0.3) is 0 Å². The van der Waals surface area contributed by atoms with Crippen molar-refractivity contribution >= 4 is 0 Å². The van der Waals surface area contributed by atoms with Crippen molar-refractivity contribution < 1.29 is 14.2 Å². The Morgan fingerprint density at radius 3 is 3.05 bits per heavy atom. The van der Waals surface area contributed by atoms with E-state index in [2.05, 4.69) is 9.88 Å². The van der Waals surface area contributed by atoms with Crippen molar-refractivity contribution in [3.05, 3.63) is 59.2 Å². The van der Waals surface area contributed by atoms with Gasteiger partial charge >= 0.3 is 0 Å². The van der Waals surface area contributed by atoms with Crippen LogP contribution in [-0.2, 0) is 11.3 Å². The number of aromatic nitrogens is 1. The van der Waals surface area contributed by atoms with E-state index in [4.69, 9.17) is 4.74 Å². The van der Waals surface area contributed by atoms with Crippen LogP contribution in [0.5, 0.6) is 5.75 Å². The van der Waals surface area contributed by atoms with E-state index in [0.29, 0.717) is 25.4 Å². The SMILES string of the molecule is Cc1ccc(O)c(CN2CCOC(c3cccc(F)c3)C2)n1. The van der Waals surface area contributed by atoms with Crippen LogP contribution < -0.4 is 0 Å². The summed E-state index contributed by atoms with van der Waals surface area (Å²) in [5.74, 6) is -0.0457. The normalized spacial score (nSPS) is 19.3. The molecule has 1 aliphatic heterocycles. The first-order valence-corrected chi connectivity index (χ1v) is 7.37. The lowest BCUT2D eigenvalue weighted by Crippen LogP contribution is -2.38. The zero-order valence-corrected chi connectivity index (χ0v) is 12.5. The third-order valence-corrected chi connectivity index (χ3v) is 3.83. The summed E-state index contributed by atoms with van der Waals surface area (Å²) in [5.41, 5.74) is 2.38. The van der Waals surface area contributed by atoms with E-state index in [-0.39, 0.29) is 17.7 Å². The fourth-order valence-electron chi connectivity index (χ4n) is 2.69. The largest absolute Gasteiger partial charge is 0.506 e. The van der Waals surface area contributed by atoms with Gasteiger partial charge in [0.15, 0.2) is 0 Å². The predicted molar refractivity (Wildman–Crippen MR) is 81.0 cm³/mol. The summed E-state index contributed by atoms with van der Waals surface area (Å²) in [6.07, 6.45) is -0.156. The van der Waals surface area contributed by atoms with Crippen molar-refractivity contribution in [3.63, 3.8) is 0 Å². The van der Waals surface area contributed by atoms with E-state index in [9.17, 15) is 9.50 Å². The third-order valence-electron chi connectivity index (χ3n) is 3.83. The van der Waals surface area contributed by atoms with E-state index >= 15 is 0 Å². The van der Waals surface area contributed by atoms with Crippen LogP contribution in [0.15, 0.2) is 36.4 Å². The molecule has 1 atom stereocenters.